The number of likely N-dealkylation sites (N-methyl/N-ethyl adjacent to an activating group) is 1. The van der Waals surface area contributed by atoms with Crippen LogP contribution in [0, 0.1) is 0 Å². The molecule has 92 valence electrons. The molecule has 3 nitrogen and oxygen atoms in total. The van der Waals surface area contributed by atoms with Crippen LogP contribution < -0.4 is 10.6 Å². The first-order valence-corrected chi connectivity index (χ1v) is 6.67. The zero-order valence-electron chi connectivity index (χ0n) is 9.92. The molecule has 1 aliphatic rings. The van der Waals surface area contributed by atoms with Crippen molar-refractivity contribution in [1.29, 1.82) is 0 Å². The second-order valence-electron chi connectivity index (χ2n) is 4.45. The molecule has 0 heterocycles. The van der Waals surface area contributed by atoms with Crippen molar-refractivity contribution in [3.05, 3.63) is 34.3 Å². The highest BCUT2D eigenvalue weighted by atomic mass is 79.9. The van der Waals surface area contributed by atoms with Crippen LogP contribution in [0.15, 0.2) is 28.7 Å². The highest BCUT2D eigenvalue weighted by Crippen LogP contribution is 2.48. The van der Waals surface area contributed by atoms with E-state index in [1.807, 2.05) is 31.3 Å². The number of nitrogens with one attached hydrogen (secondary N) is 2. The minimum atomic E-state index is -0.266. The SMILES string of the molecule is CNCCNC(=O)C1(c2cccc(Br)c2)CC1. The molecule has 1 amide bonds. The van der Waals surface area contributed by atoms with E-state index in [1.54, 1.807) is 0 Å². The van der Waals surface area contributed by atoms with Crippen LogP contribution in [0.4, 0.5) is 0 Å². The van der Waals surface area contributed by atoms with Gasteiger partial charge >= 0.3 is 0 Å². The molecule has 2 N–H and O–H groups in total. The maximum atomic E-state index is 12.2. The van der Waals surface area contributed by atoms with E-state index in [0.717, 1.165) is 29.4 Å². The maximum absolute atomic E-state index is 12.2. The van der Waals surface area contributed by atoms with Crippen molar-refractivity contribution in [2.75, 3.05) is 20.1 Å². The Kier molecular flexibility index (Phi) is 3.84. The Bertz CT molecular complexity index is 416. The first kappa shape index (κ1) is 12.6. The first-order chi connectivity index (χ1) is 8.19. The Hall–Kier alpha value is -0.870. The predicted octanol–water partition coefficient (Wildman–Crippen LogP) is 1.82. The van der Waals surface area contributed by atoms with Crippen LogP contribution in [0.2, 0.25) is 0 Å². The van der Waals surface area contributed by atoms with E-state index >= 15 is 0 Å². The van der Waals surface area contributed by atoms with Crippen LogP contribution in [0.3, 0.4) is 0 Å². The highest BCUT2D eigenvalue weighted by Gasteiger charge is 2.51. The number of carbonyl (C=O) groups excluding carboxylic acids is 1. The van der Waals surface area contributed by atoms with Gasteiger partial charge < -0.3 is 10.6 Å². The van der Waals surface area contributed by atoms with Gasteiger partial charge in [0.05, 0.1) is 5.41 Å². The number of rotatable bonds is 5. The molecule has 17 heavy (non-hydrogen) atoms. The lowest BCUT2D eigenvalue weighted by atomic mass is 9.95. The van der Waals surface area contributed by atoms with E-state index in [0.29, 0.717) is 6.54 Å². The largest absolute Gasteiger partial charge is 0.354 e. The summed E-state index contributed by atoms with van der Waals surface area (Å²) >= 11 is 3.45. The molecular formula is C13H17BrN2O. The summed E-state index contributed by atoms with van der Waals surface area (Å²) < 4.78 is 1.03. The van der Waals surface area contributed by atoms with Gasteiger partial charge in [0.2, 0.25) is 5.91 Å². The van der Waals surface area contributed by atoms with E-state index < -0.39 is 0 Å². The number of carbonyl (C=O) groups is 1. The van der Waals surface area contributed by atoms with Gasteiger partial charge in [-0.3, -0.25) is 4.79 Å². The van der Waals surface area contributed by atoms with E-state index in [-0.39, 0.29) is 11.3 Å². The molecule has 0 atom stereocenters. The molecule has 0 aromatic heterocycles. The second-order valence-corrected chi connectivity index (χ2v) is 5.37. The van der Waals surface area contributed by atoms with Crippen molar-refractivity contribution in [2.24, 2.45) is 0 Å². The number of hydrogen-bond donors (Lipinski definition) is 2. The van der Waals surface area contributed by atoms with Gasteiger partial charge in [-0.15, -0.1) is 0 Å². The van der Waals surface area contributed by atoms with Crippen LogP contribution >= 0.6 is 15.9 Å². The third-order valence-electron chi connectivity index (χ3n) is 3.22. The van der Waals surface area contributed by atoms with Crippen LogP contribution in [-0.4, -0.2) is 26.0 Å². The fraction of sp³-hybridized carbons (Fsp3) is 0.462. The van der Waals surface area contributed by atoms with Gasteiger partial charge in [0.25, 0.3) is 0 Å². The zero-order valence-corrected chi connectivity index (χ0v) is 11.5. The van der Waals surface area contributed by atoms with E-state index in [9.17, 15) is 4.79 Å². The van der Waals surface area contributed by atoms with Gasteiger partial charge in [-0.05, 0) is 37.6 Å². The third kappa shape index (κ3) is 2.69. The van der Waals surface area contributed by atoms with Gasteiger partial charge in [-0.2, -0.15) is 0 Å². The van der Waals surface area contributed by atoms with Crippen LogP contribution in [0.25, 0.3) is 0 Å². The minimum Gasteiger partial charge on any atom is -0.354 e. The number of benzene rings is 1. The van der Waals surface area contributed by atoms with Crippen LogP contribution in [0.1, 0.15) is 18.4 Å². The summed E-state index contributed by atoms with van der Waals surface area (Å²) in [6, 6.07) is 8.05. The molecule has 0 spiro atoms. The topological polar surface area (TPSA) is 41.1 Å². The quantitative estimate of drug-likeness (QED) is 0.814. The molecule has 0 unspecified atom stereocenters. The predicted molar refractivity (Wildman–Crippen MR) is 72.0 cm³/mol. The van der Waals surface area contributed by atoms with Crippen molar-refractivity contribution < 1.29 is 4.79 Å². The average molecular weight is 297 g/mol. The van der Waals surface area contributed by atoms with Crippen molar-refractivity contribution in [2.45, 2.75) is 18.3 Å². The molecule has 0 bridgehead atoms. The number of halogens is 1. The van der Waals surface area contributed by atoms with Crippen molar-refractivity contribution in [3.63, 3.8) is 0 Å². The molecular weight excluding hydrogens is 280 g/mol. The third-order valence-corrected chi connectivity index (χ3v) is 3.72. The molecule has 0 saturated heterocycles. The van der Waals surface area contributed by atoms with Crippen molar-refractivity contribution in [3.8, 4) is 0 Å². The van der Waals surface area contributed by atoms with Gasteiger partial charge in [-0.25, -0.2) is 0 Å². The molecule has 1 aromatic carbocycles. The summed E-state index contributed by atoms with van der Waals surface area (Å²) in [6.07, 6.45) is 1.91. The number of amides is 1. The standard InChI is InChI=1S/C13H17BrN2O/c1-15-7-8-16-12(17)13(5-6-13)10-3-2-4-11(14)9-10/h2-4,9,15H,5-8H2,1H3,(H,16,17). The summed E-state index contributed by atoms with van der Waals surface area (Å²) in [7, 11) is 1.88. The van der Waals surface area contributed by atoms with E-state index in [4.69, 9.17) is 0 Å². The second kappa shape index (κ2) is 5.19. The molecule has 1 aliphatic carbocycles. The fourth-order valence-electron chi connectivity index (χ4n) is 2.03. The van der Waals surface area contributed by atoms with Crippen molar-refractivity contribution in [1.82, 2.24) is 10.6 Å². The van der Waals surface area contributed by atoms with Gasteiger partial charge in [0.15, 0.2) is 0 Å². The van der Waals surface area contributed by atoms with Gasteiger partial charge in [-0.1, -0.05) is 28.1 Å². The lowest BCUT2D eigenvalue weighted by Crippen LogP contribution is -2.38. The highest BCUT2D eigenvalue weighted by molar-refractivity contribution is 9.10. The molecule has 0 aliphatic heterocycles. The Morgan fingerprint density at radius 3 is 2.76 bits per heavy atom. The molecule has 1 fully saturated rings. The smallest absolute Gasteiger partial charge is 0.230 e. The minimum absolute atomic E-state index is 0.158. The van der Waals surface area contributed by atoms with Gasteiger partial charge in [0.1, 0.15) is 0 Å². The van der Waals surface area contributed by atoms with E-state index in [2.05, 4.69) is 26.6 Å². The molecule has 2 rings (SSSR count). The Balaban J connectivity index is 2.06. The van der Waals surface area contributed by atoms with Crippen LogP contribution in [0.5, 0.6) is 0 Å². The Labute approximate surface area is 110 Å². The Morgan fingerprint density at radius 2 is 2.18 bits per heavy atom. The monoisotopic (exact) mass is 296 g/mol. The molecule has 1 saturated carbocycles. The maximum Gasteiger partial charge on any atom is 0.230 e. The van der Waals surface area contributed by atoms with Gasteiger partial charge in [0, 0.05) is 17.6 Å². The van der Waals surface area contributed by atoms with Crippen LogP contribution in [-0.2, 0) is 10.2 Å². The van der Waals surface area contributed by atoms with E-state index in [1.165, 1.54) is 0 Å². The molecule has 4 heteroatoms. The normalized spacial score (nSPS) is 16.6. The lowest BCUT2D eigenvalue weighted by molar-refractivity contribution is -0.123. The summed E-state index contributed by atoms with van der Waals surface area (Å²) in [6.45, 7) is 1.49. The number of hydrogen-bond acceptors (Lipinski definition) is 2. The Morgan fingerprint density at radius 1 is 1.41 bits per heavy atom. The van der Waals surface area contributed by atoms with Crippen molar-refractivity contribution >= 4 is 21.8 Å². The fourth-order valence-corrected chi connectivity index (χ4v) is 2.43. The summed E-state index contributed by atoms with van der Waals surface area (Å²) in [4.78, 5) is 12.2. The lowest BCUT2D eigenvalue weighted by Gasteiger charge is -2.16. The first-order valence-electron chi connectivity index (χ1n) is 5.88. The zero-order chi connectivity index (χ0) is 12.3. The summed E-state index contributed by atoms with van der Waals surface area (Å²) in [5.41, 5.74) is 0.853. The summed E-state index contributed by atoms with van der Waals surface area (Å²) in [5.74, 6) is 0.158. The average Bonchev–Trinajstić information content (AvgIpc) is 3.10. The summed E-state index contributed by atoms with van der Waals surface area (Å²) in [5, 5.41) is 6.01. The molecule has 0 radical (unpaired) electrons. The molecule has 1 aromatic rings.